The fourth-order valence-corrected chi connectivity index (χ4v) is 1.94. The molecule has 108 valence electrons. The molecule has 0 aliphatic carbocycles. The normalized spacial score (nSPS) is 11.2. The summed E-state index contributed by atoms with van der Waals surface area (Å²) in [5, 5.41) is 15.3. The maximum atomic E-state index is 5.15. The van der Waals surface area contributed by atoms with Gasteiger partial charge in [0.15, 0.2) is 5.82 Å². The average Bonchev–Trinajstić information content (AvgIpc) is 2.91. The lowest BCUT2D eigenvalue weighted by atomic mass is 10.1. The van der Waals surface area contributed by atoms with Crippen molar-refractivity contribution < 1.29 is 4.74 Å². The number of hydrogen-bond acceptors (Lipinski definition) is 5. The summed E-state index contributed by atoms with van der Waals surface area (Å²) in [6, 6.07) is 8.51. The molecule has 0 saturated heterocycles. The Bertz CT molecular complexity index is 538. The van der Waals surface area contributed by atoms with Crippen molar-refractivity contribution in [3.05, 3.63) is 35.7 Å². The zero-order chi connectivity index (χ0) is 14.4. The van der Waals surface area contributed by atoms with Crippen LogP contribution in [0.25, 0.3) is 5.69 Å². The molecule has 0 amide bonds. The van der Waals surface area contributed by atoms with Crippen LogP contribution in [0.15, 0.2) is 24.3 Å². The van der Waals surface area contributed by atoms with Gasteiger partial charge in [0.25, 0.3) is 0 Å². The monoisotopic (exact) mass is 275 g/mol. The third-order valence-corrected chi connectivity index (χ3v) is 3.00. The van der Waals surface area contributed by atoms with Gasteiger partial charge in [0.05, 0.1) is 18.8 Å². The Morgan fingerprint density at radius 1 is 1.30 bits per heavy atom. The summed E-state index contributed by atoms with van der Waals surface area (Å²) in [5.74, 6) is 0.809. The van der Waals surface area contributed by atoms with Crippen LogP contribution in [0.3, 0.4) is 0 Å². The highest BCUT2D eigenvalue weighted by Crippen LogP contribution is 2.15. The molecule has 2 rings (SSSR count). The van der Waals surface area contributed by atoms with Crippen molar-refractivity contribution in [2.75, 3.05) is 13.7 Å². The van der Waals surface area contributed by atoms with Crippen LogP contribution in [0.1, 0.15) is 25.2 Å². The molecule has 0 unspecified atom stereocenters. The first kappa shape index (κ1) is 14.6. The molecule has 2 aromatic rings. The Hall–Kier alpha value is -1.79. The molecule has 0 bridgehead atoms. The van der Waals surface area contributed by atoms with Crippen molar-refractivity contribution in [3.8, 4) is 5.69 Å². The van der Waals surface area contributed by atoms with Crippen LogP contribution in [0.2, 0.25) is 0 Å². The number of ether oxygens (including phenoxy) is 1. The van der Waals surface area contributed by atoms with Crippen molar-refractivity contribution in [1.82, 2.24) is 25.5 Å². The van der Waals surface area contributed by atoms with Gasteiger partial charge < -0.3 is 10.1 Å². The standard InChI is InChI=1S/C14H21N5O/c1-11(2)15-10-14-16-17-18-19(14)13-7-5-4-6-12(13)8-9-20-3/h4-7,11,15H,8-10H2,1-3H3. The summed E-state index contributed by atoms with van der Waals surface area (Å²) in [5.41, 5.74) is 2.18. The first-order valence-corrected chi connectivity index (χ1v) is 6.80. The molecule has 1 heterocycles. The Labute approximate surface area is 119 Å². The van der Waals surface area contributed by atoms with Gasteiger partial charge in [-0.3, -0.25) is 0 Å². The van der Waals surface area contributed by atoms with Crippen LogP contribution >= 0.6 is 0 Å². The van der Waals surface area contributed by atoms with Gasteiger partial charge in [0.1, 0.15) is 0 Å². The van der Waals surface area contributed by atoms with Crippen molar-refractivity contribution in [2.24, 2.45) is 0 Å². The zero-order valence-corrected chi connectivity index (χ0v) is 12.2. The van der Waals surface area contributed by atoms with Crippen molar-refractivity contribution in [1.29, 1.82) is 0 Å². The van der Waals surface area contributed by atoms with Crippen LogP contribution in [0.4, 0.5) is 0 Å². The van der Waals surface area contributed by atoms with Crippen molar-refractivity contribution in [3.63, 3.8) is 0 Å². The molecule has 0 radical (unpaired) electrons. The number of tetrazole rings is 1. The van der Waals surface area contributed by atoms with Crippen LogP contribution in [-0.4, -0.2) is 40.0 Å². The van der Waals surface area contributed by atoms with E-state index in [9.17, 15) is 0 Å². The van der Waals surface area contributed by atoms with Crippen molar-refractivity contribution in [2.45, 2.75) is 32.9 Å². The Morgan fingerprint density at radius 2 is 2.10 bits per heavy atom. The lowest BCUT2D eigenvalue weighted by molar-refractivity contribution is 0.202. The highest BCUT2D eigenvalue weighted by Gasteiger charge is 2.11. The minimum absolute atomic E-state index is 0.392. The molecule has 1 aromatic carbocycles. The molecule has 0 spiro atoms. The third-order valence-electron chi connectivity index (χ3n) is 3.00. The summed E-state index contributed by atoms with van der Waals surface area (Å²) in [7, 11) is 1.71. The largest absolute Gasteiger partial charge is 0.384 e. The first-order valence-electron chi connectivity index (χ1n) is 6.80. The van der Waals surface area contributed by atoms with Crippen LogP contribution in [0.5, 0.6) is 0 Å². The second-order valence-corrected chi connectivity index (χ2v) is 4.91. The second kappa shape index (κ2) is 7.12. The van der Waals surface area contributed by atoms with Gasteiger partial charge >= 0.3 is 0 Å². The molecular formula is C14H21N5O. The van der Waals surface area contributed by atoms with Gasteiger partial charge in [-0.05, 0) is 28.5 Å². The van der Waals surface area contributed by atoms with E-state index in [0.717, 1.165) is 17.9 Å². The number of rotatable bonds is 7. The van der Waals surface area contributed by atoms with E-state index in [2.05, 4.69) is 40.8 Å². The minimum atomic E-state index is 0.392. The number of nitrogens with zero attached hydrogens (tertiary/aromatic N) is 4. The van der Waals surface area contributed by atoms with Gasteiger partial charge in [0.2, 0.25) is 0 Å². The number of nitrogens with one attached hydrogen (secondary N) is 1. The van der Waals surface area contributed by atoms with Gasteiger partial charge in [0, 0.05) is 13.2 Å². The molecule has 1 aromatic heterocycles. The van der Waals surface area contributed by atoms with E-state index < -0.39 is 0 Å². The molecule has 1 N–H and O–H groups in total. The molecule has 6 heteroatoms. The van der Waals surface area contributed by atoms with Crippen LogP contribution < -0.4 is 5.32 Å². The number of benzene rings is 1. The van der Waals surface area contributed by atoms with Gasteiger partial charge in [-0.15, -0.1) is 5.10 Å². The molecule has 0 aliphatic rings. The molecule has 0 saturated carbocycles. The number of hydrogen-bond donors (Lipinski definition) is 1. The highest BCUT2D eigenvalue weighted by molar-refractivity contribution is 5.40. The van der Waals surface area contributed by atoms with E-state index in [-0.39, 0.29) is 0 Å². The van der Waals surface area contributed by atoms with Gasteiger partial charge in [-0.1, -0.05) is 32.0 Å². The van der Waals surface area contributed by atoms with Crippen LogP contribution in [-0.2, 0) is 17.7 Å². The van der Waals surface area contributed by atoms with E-state index >= 15 is 0 Å². The number of aromatic nitrogens is 4. The number of para-hydroxylation sites is 1. The third kappa shape index (κ3) is 3.61. The fraction of sp³-hybridized carbons (Fsp3) is 0.500. The summed E-state index contributed by atoms with van der Waals surface area (Å²) >= 11 is 0. The second-order valence-electron chi connectivity index (χ2n) is 4.91. The first-order chi connectivity index (χ1) is 9.72. The molecule has 0 aliphatic heterocycles. The van der Waals surface area contributed by atoms with Crippen molar-refractivity contribution >= 4 is 0 Å². The average molecular weight is 275 g/mol. The highest BCUT2D eigenvalue weighted by atomic mass is 16.5. The van der Waals surface area contributed by atoms with Gasteiger partial charge in [-0.2, -0.15) is 4.68 Å². The molecular weight excluding hydrogens is 254 g/mol. The maximum Gasteiger partial charge on any atom is 0.170 e. The molecule has 20 heavy (non-hydrogen) atoms. The maximum absolute atomic E-state index is 5.15. The number of methoxy groups -OCH3 is 1. The SMILES string of the molecule is COCCc1ccccc1-n1nnnc1CNC(C)C. The van der Waals surface area contributed by atoms with Gasteiger partial charge in [-0.25, -0.2) is 0 Å². The Balaban J connectivity index is 2.25. The van der Waals surface area contributed by atoms with E-state index in [1.807, 2.05) is 18.2 Å². The van der Waals surface area contributed by atoms with E-state index in [1.54, 1.807) is 11.8 Å². The lowest BCUT2D eigenvalue weighted by Gasteiger charge is -2.11. The van der Waals surface area contributed by atoms with E-state index in [0.29, 0.717) is 19.2 Å². The van der Waals surface area contributed by atoms with E-state index in [1.165, 1.54) is 5.56 Å². The molecule has 6 nitrogen and oxygen atoms in total. The summed E-state index contributed by atoms with van der Waals surface area (Å²) in [4.78, 5) is 0. The lowest BCUT2D eigenvalue weighted by Crippen LogP contribution is -2.24. The quantitative estimate of drug-likeness (QED) is 0.826. The summed E-state index contributed by atoms with van der Waals surface area (Å²) < 4.78 is 6.95. The Morgan fingerprint density at radius 3 is 2.85 bits per heavy atom. The fourth-order valence-electron chi connectivity index (χ4n) is 1.94. The smallest absolute Gasteiger partial charge is 0.170 e. The van der Waals surface area contributed by atoms with E-state index in [4.69, 9.17) is 4.74 Å². The molecule has 0 fully saturated rings. The predicted molar refractivity (Wildman–Crippen MR) is 76.7 cm³/mol. The summed E-state index contributed by atoms with van der Waals surface area (Å²) in [6.07, 6.45) is 0.837. The zero-order valence-electron chi connectivity index (χ0n) is 12.2. The topological polar surface area (TPSA) is 64.9 Å². The Kier molecular flexibility index (Phi) is 5.20. The summed E-state index contributed by atoms with van der Waals surface area (Å²) in [6.45, 7) is 5.52. The minimum Gasteiger partial charge on any atom is -0.384 e. The van der Waals surface area contributed by atoms with Crippen LogP contribution in [0, 0.1) is 0 Å². The molecule has 0 atom stereocenters. The predicted octanol–water partition coefficient (Wildman–Crippen LogP) is 1.35.